The maximum Gasteiger partial charge on any atom is 0.331 e. The monoisotopic (exact) mass is 425 g/mol. The Hall–Kier alpha value is -2.87. The van der Waals surface area contributed by atoms with E-state index in [9.17, 15) is 9.59 Å². The van der Waals surface area contributed by atoms with E-state index in [2.05, 4.69) is 15.3 Å². The SMILES string of the molecule is CCOC(=O)C1(NC(=O)c2oc3ccccc3c2CSc2ncccn2)CCCC1. The van der Waals surface area contributed by atoms with Gasteiger partial charge >= 0.3 is 5.97 Å². The van der Waals surface area contributed by atoms with E-state index in [-0.39, 0.29) is 18.3 Å². The molecular weight excluding hydrogens is 402 g/mol. The molecule has 0 spiro atoms. The molecule has 1 aliphatic carbocycles. The van der Waals surface area contributed by atoms with Gasteiger partial charge in [-0.1, -0.05) is 42.8 Å². The third kappa shape index (κ3) is 4.05. The van der Waals surface area contributed by atoms with Crippen molar-refractivity contribution in [2.45, 2.75) is 49.1 Å². The van der Waals surface area contributed by atoms with Crippen LogP contribution in [0.15, 0.2) is 52.3 Å². The second kappa shape index (κ2) is 8.87. The lowest BCUT2D eigenvalue weighted by Crippen LogP contribution is -2.53. The van der Waals surface area contributed by atoms with Crippen LogP contribution < -0.4 is 5.32 Å². The fraction of sp³-hybridized carbons (Fsp3) is 0.364. The van der Waals surface area contributed by atoms with Gasteiger partial charge in [-0.3, -0.25) is 4.79 Å². The number of furan rings is 1. The topological polar surface area (TPSA) is 94.3 Å². The van der Waals surface area contributed by atoms with Gasteiger partial charge in [-0.15, -0.1) is 0 Å². The molecule has 0 bridgehead atoms. The molecule has 1 aliphatic rings. The third-order valence-electron chi connectivity index (χ3n) is 5.27. The second-order valence-corrected chi connectivity index (χ2v) is 8.13. The Morgan fingerprint density at radius 3 is 2.63 bits per heavy atom. The number of benzene rings is 1. The average molecular weight is 426 g/mol. The van der Waals surface area contributed by atoms with Crippen LogP contribution in [-0.2, 0) is 15.3 Å². The highest BCUT2D eigenvalue weighted by Gasteiger charge is 2.44. The van der Waals surface area contributed by atoms with Crippen LogP contribution in [0.2, 0.25) is 0 Å². The van der Waals surface area contributed by atoms with Crippen LogP contribution in [0, 0.1) is 0 Å². The number of fused-ring (bicyclic) bond motifs is 1. The number of hydrogen-bond acceptors (Lipinski definition) is 7. The van der Waals surface area contributed by atoms with Crippen molar-refractivity contribution in [3.8, 4) is 0 Å². The molecular formula is C22H23N3O4S. The molecule has 0 radical (unpaired) electrons. The number of carbonyl (C=O) groups excluding carboxylic acids is 2. The van der Waals surface area contributed by atoms with Gasteiger partial charge in [0, 0.05) is 29.1 Å². The van der Waals surface area contributed by atoms with Crippen molar-refractivity contribution < 1.29 is 18.7 Å². The number of amides is 1. The van der Waals surface area contributed by atoms with Gasteiger partial charge in [0.15, 0.2) is 10.9 Å². The summed E-state index contributed by atoms with van der Waals surface area (Å²) in [7, 11) is 0. The highest BCUT2D eigenvalue weighted by molar-refractivity contribution is 7.98. The van der Waals surface area contributed by atoms with Crippen LogP contribution >= 0.6 is 11.8 Å². The van der Waals surface area contributed by atoms with Crippen molar-refractivity contribution in [1.29, 1.82) is 0 Å². The molecule has 156 valence electrons. The standard InChI is InChI=1S/C22H23N3O4S/c1-2-28-20(27)22(10-5-6-11-22)25-19(26)18-16(14-30-21-23-12-7-13-24-21)15-8-3-4-9-17(15)29-18/h3-4,7-9,12-13H,2,5-6,10-11,14H2,1H3,(H,25,26). The van der Waals surface area contributed by atoms with Gasteiger partial charge in [0.1, 0.15) is 11.1 Å². The lowest BCUT2D eigenvalue weighted by Gasteiger charge is -2.27. The Labute approximate surface area is 178 Å². The number of ether oxygens (including phenoxy) is 1. The van der Waals surface area contributed by atoms with E-state index in [0.717, 1.165) is 23.8 Å². The largest absolute Gasteiger partial charge is 0.464 e. The molecule has 1 amide bonds. The second-order valence-electron chi connectivity index (χ2n) is 7.19. The molecule has 3 aromatic rings. The van der Waals surface area contributed by atoms with Gasteiger partial charge in [-0.25, -0.2) is 14.8 Å². The van der Waals surface area contributed by atoms with Gasteiger partial charge in [-0.2, -0.15) is 0 Å². The van der Waals surface area contributed by atoms with Crippen molar-refractivity contribution in [1.82, 2.24) is 15.3 Å². The zero-order chi connectivity index (χ0) is 21.0. The van der Waals surface area contributed by atoms with Gasteiger partial charge in [0.05, 0.1) is 6.61 Å². The Balaban J connectivity index is 1.64. The first kappa shape index (κ1) is 20.4. The lowest BCUT2D eigenvalue weighted by molar-refractivity contribution is -0.150. The van der Waals surface area contributed by atoms with Crippen molar-refractivity contribution in [3.05, 3.63) is 54.0 Å². The molecule has 1 fully saturated rings. The van der Waals surface area contributed by atoms with E-state index < -0.39 is 11.4 Å². The minimum Gasteiger partial charge on any atom is -0.464 e. The van der Waals surface area contributed by atoms with E-state index in [1.165, 1.54) is 11.8 Å². The smallest absolute Gasteiger partial charge is 0.331 e. The Morgan fingerprint density at radius 2 is 1.90 bits per heavy atom. The van der Waals surface area contributed by atoms with E-state index in [1.54, 1.807) is 25.4 Å². The molecule has 8 heteroatoms. The molecule has 30 heavy (non-hydrogen) atoms. The van der Waals surface area contributed by atoms with Crippen LogP contribution in [0.4, 0.5) is 0 Å². The van der Waals surface area contributed by atoms with Crippen LogP contribution in [0.25, 0.3) is 11.0 Å². The number of para-hydroxylation sites is 1. The molecule has 0 aliphatic heterocycles. The van der Waals surface area contributed by atoms with Crippen molar-refractivity contribution in [3.63, 3.8) is 0 Å². The number of carbonyl (C=O) groups is 2. The molecule has 4 rings (SSSR count). The molecule has 1 aromatic carbocycles. The highest BCUT2D eigenvalue weighted by Crippen LogP contribution is 2.34. The third-order valence-corrected chi connectivity index (χ3v) is 6.17. The first-order valence-electron chi connectivity index (χ1n) is 10.0. The summed E-state index contributed by atoms with van der Waals surface area (Å²) in [4.78, 5) is 34.3. The molecule has 1 N–H and O–H groups in total. The summed E-state index contributed by atoms with van der Waals surface area (Å²) in [5, 5.41) is 4.43. The van der Waals surface area contributed by atoms with Crippen LogP contribution in [-0.4, -0.2) is 34.0 Å². The molecule has 2 aromatic heterocycles. The first-order valence-corrected chi connectivity index (χ1v) is 11.0. The van der Waals surface area contributed by atoms with E-state index in [4.69, 9.17) is 9.15 Å². The Bertz CT molecular complexity index is 1040. The van der Waals surface area contributed by atoms with Crippen molar-refractivity contribution in [2.24, 2.45) is 0 Å². The molecule has 0 saturated heterocycles. The zero-order valence-electron chi connectivity index (χ0n) is 16.7. The zero-order valence-corrected chi connectivity index (χ0v) is 17.5. The summed E-state index contributed by atoms with van der Waals surface area (Å²) in [5.74, 6) is -0.0857. The Kier molecular flexibility index (Phi) is 6.03. The number of esters is 1. The minimum absolute atomic E-state index is 0.218. The maximum absolute atomic E-state index is 13.3. The fourth-order valence-electron chi connectivity index (χ4n) is 3.82. The van der Waals surface area contributed by atoms with E-state index in [1.807, 2.05) is 24.3 Å². The number of hydrogen-bond donors (Lipinski definition) is 1. The lowest BCUT2D eigenvalue weighted by atomic mass is 9.97. The number of nitrogens with zero attached hydrogens (tertiary/aromatic N) is 2. The summed E-state index contributed by atoms with van der Waals surface area (Å²) in [6, 6.07) is 9.28. The molecule has 1 saturated carbocycles. The normalized spacial score (nSPS) is 15.2. The van der Waals surface area contributed by atoms with Crippen LogP contribution in [0.3, 0.4) is 0 Å². The number of aromatic nitrogens is 2. The fourth-order valence-corrected chi connectivity index (χ4v) is 4.66. The predicted octanol–water partition coefficient (Wildman–Crippen LogP) is 4.12. The number of rotatable bonds is 7. The van der Waals surface area contributed by atoms with Crippen molar-refractivity contribution in [2.75, 3.05) is 6.61 Å². The average Bonchev–Trinajstić information content (AvgIpc) is 3.39. The van der Waals surface area contributed by atoms with E-state index >= 15 is 0 Å². The molecule has 7 nitrogen and oxygen atoms in total. The van der Waals surface area contributed by atoms with Gasteiger partial charge in [0.2, 0.25) is 0 Å². The number of nitrogens with one attached hydrogen (secondary N) is 1. The van der Waals surface area contributed by atoms with Crippen LogP contribution in [0.1, 0.15) is 48.7 Å². The maximum atomic E-state index is 13.3. The van der Waals surface area contributed by atoms with E-state index in [0.29, 0.717) is 29.3 Å². The molecule has 2 heterocycles. The molecule has 0 unspecified atom stereocenters. The first-order chi connectivity index (χ1) is 14.6. The minimum atomic E-state index is -0.987. The van der Waals surface area contributed by atoms with Crippen LogP contribution in [0.5, 0.6) is 0 Å². The summed E-state index contributed by atoms with van der Waals surface area (Å²) < 4.78 is 11.2. The predicted molar refractivity (Wildman–Crippen MR) is 113 cm³/mol. The van der Waals surface area contributed by atoms with Gasteiger partial charge in [0.25, 0.3) is 5.91 Å². The summed E-state index contributed by atoms with van der Waals surface area (Å²) in [6.45, 7) is 2.04. The highest BCUT2D eigenvalue weighted by atomic mass is 32.2. The Morgan fingerprint density at radius 1 is 1.17 bits per heavy atom. The van der Waals surface area contributed by atoms with Gasteiger partial charge < -0.3 is 14.5 Å². The summed E-state index contributed by atoms with van der Waals surface area (Å²) in [6.07, 6.45) is 6.24. The quantitative estimate of drug-likeness (QED) is 0.346. The van der Waals surface area contributed by atoms with Gasteiger partial charge in [-0.05, 0) is 31.9 Å². The molecule has 0 atom stereocenters. The summed E-state index contributed by atoms with van der Waals surface area (Å²) in [5.41, 5.74) is 0.403. The van der Waals surface area contributed by atoms with Crippen molar-refractivity contribution >= 4 is 34.6 Å². The number of thioether (sulfide) groups is 1. The summed E-state index contributed by atoms with van der Waals surface area (Å²) >= 11 is 1.43.